The van der Waals surface area contributed by atoms with Gasteiger partial charge in [-0.15, -0.1) is 0 Å². The molecule has 1 aromatic rings. The van der Waals surface area contributed by atoms with Crippen LogP contribution in [0, 0.1) is 0 Å². The lowest BCUT2D eigenvalue weighted by Gasteiger charge is -2.35. The van der Waals surface area contributed by atoms with Gasteiger partial charge in [0.1, 0.15) is 11.5 Å². The Hall–Kier alpha value is -0.826. The van der Waals surface area contributed by atoms with E-state index in [0.29, 0.717) is 0 Å². The van der Waals surface area contributed by atoms with Crippen LogP contribution in [-0.2, 0) is 0 Å². The van der Waals surface area contributed by atoms with E-state index in [9.17, 15) is 0 Å². The fraction of sp³-hybridized carbons (Fsp3) is 0.667. The van der Waals surface area contributed by atoms with Crippen LogP contribution in [0.1, 0.15) is 27.7 Å². The molecule has 0 aliphatic heterocycles. The number of nitrogens with zero attached hydrogens (tertiary/aromatic N) is 2. The van der Waals surface area contributed by atoms with Crippen molar-refractivity contribution in [3.05, 3.63) is 24.3 Å². The molecule has 4 nitrogen and oxygen atoms in total. The molecule has 0 saturated carbocycles. The number of hydrogen-bond donors (Lipinski definition) is 0. The Morgan fingerprint density at radius 2 is 0.875 bits per heavy atom. The summed E-state index contributed by atoms with van der Waals surface area (Å²) >= 11 is 0. The molecule has 0 aromatic heterocycles. The lowest BCUT2D eigenvalue weighted by molar-refractivity contribution is 0.371. The summed E-state index contributed by atoms with van der Waals surface area (Å²) in [5.41, 5.74) is 0. The predicted octanol–water partition coefficient (Wildman–Crippen LogP) is 4.53. The van der Waals surface area contributed by atoms with E-state index in [2.05, 4.69) is 63.0 Å². The largest absolute Gasteiger partial charge is 0.530 e. The Morgan fingerprint density at radius 3 is 1.08 bits per heavy atom. The van der Waals surface area contributed by atoms with Gasteiger partial charge in [-0.2, -0.15) is 0 Å². The highest BCUT2D eigenvalue weighted by atomic mass is 28.4. The molecule has 0 heterocycles. The second-order valence-corrected chi connectivity index (χ2v) is 14.4. The third kappa shape index (κ3) is 5.62. The van der Waals surface area contributed by atoms with Gasteiger partial charge >= 0.3 is 17.0 Å². The van der Waals surface area contributed by atoms with Gasteiger partial charge in [-0.25, -0.2) is 0 Å². The summed E-state index contributed by atoms with van der Waals surface area (Å²) in [7, 11) is -3.75. The Balaban J connectivity index is 2.79. The van der Waals surface area contributed by atoms with Crippen molar-refractivity contribution in [2.24, 2.45) is 0 Å². The van der Waals surface area contributed by atoms with Gasteiger partial charge < -0.3 is 8.85 Å². The number of hydrogen-bond acceptors (Lipinski definition) is 4. The SMILES string of the molecule is CCN(CC)[Si](C)(C)Oc1ccc(O[Si](C)(C)N(CC)CC)cc1. The quantitative estimate of drug-likeness (QED) is 0.566. The first-order valence-corrected chi connectivity index (χ1v) is 14.9. The molecule has 0 saturated heterocycles. The van der Waals surface area contributed by atoms with Crippen LogP contribution < -0.4 is 8.85 Å². The molecule has 0 spiro atoms. The summed E-state index contributed by atoms with van der Waals surface area (Å²) in [6.45, 7) is 21.9. The molecular weight excluding hydrogens is 332 g/mol. The number of rotatable bonds is 10. The monoisotopic (exact) mass is 368 g/mol. The average Bonchev–Trinajstić information content (AvgIpc) is 2.50. The summed E-state index contributed by atoms with van der Waals surface area (Å²) in [5, 5.41) is 0. The predicted molar refractivity (Wildman–Crippen MR) is 109 cm³/mol. The third-order valence-electron chi connectivity index (χ3n) is 4.61. The van der Waals surface area contributed by atoms with Crippen molar-refractivity contribution in [3.8, 4) is 11.5 Å². The number of benzene rings is 1. The molecule has 138 valence electrons. The summed E-state index contributed by atoms with van der Waals surface area (Å²) in [5.74, 6) is 1.88. The standard InChI is InChI=1S/C18H36N2O2Si2/c1-9-19(10-2)23(5,6)21-17-13-15-18(16-14-17)22-24(7,8)20(11-3)12-4/h13-16H,9-12H2,1-8H3. The maximum absolute atomic E-state index is 6.33. The average molecular weight is 369 g/mol. The van der Waals surface area contributed by atoms with Crippen LogP contribution in [0.4, 0.5) is 0 Å². The van der Waals surface area contributed by atoms with Gasteiger partial charge in [0.2, 0.25) is 0 Å². The molecule has 24 heavy (non-hydrogen) atoms. The summed E-state index contributed by atoms with van der Waals surface area (Å²) in [6.07, 6.45) is 0. The summed E-state index contributed by atoms with van der Waals surface area (Å²) in [6, 6.07) is 8.17. The minimum Gasteiger partial charge on any atom is -0.530 e. The van der Waals surface area contributed by atoms with E-state index < -0.39 is 17.0 Å². The zero-order valence-corrected chi connectivity index (χ0v) is 18.8. The van der Waals surface area contributed by atoms with E-state index >= 15 is 0 Å². The van der Waals surface area contributed by atoms with E-state index in [1.165, 1.54) is 0 Å². The minimum atomic E-state index is -1.87. The molecule has 0 amide bonds. The van der Waals surface area contributed by atoms with Crippen molar-refractivity contribution in [1.82, 2.24) is 9.13 Å². The first kappa shape index (κ1) is 21.2. The van der Waals surface area contributed by atoms with Gasteiger partial charge in [0.25, 0.3) is 0 Å². The van der Waals surface area contributed by atoms with Gasteiger partial charge in [0.15, 0.2) is 0 Å². The van der Waals surface area contributed by atoms with Crippen LogP contribution in [-0.4, -0.2) is 52.3 Å². The van der Waals surface area contributed by atoms with E-state index in [-0.39, 0.29) is 0 Å². The molecule has 0 aliphatic rings. The topological polar surface area (TPSA) is 24.9 Å². The lowest BCUT2D eigenvalue weighted by Crippen LogP contribution is -2.53. The van der Waals surface area contributed by atoms with Gasteiger partial charge in [-0.05, 0) is 76.6 Å². The molecule has 6 heteroatoms. The molecule has 0 N–H and O–H groups in total. The van der Waals surface area contributed by atoms with Crippen LogP contribution in [0.2, 0.25) is 26.2 Å². The Bertz CT molecular complexity index is 439. The second kappa shape index (κ2) is 9.03. The maximum atomic E-state index is 6.33. The Labute approximate surface area is 151 Å². The van der Waals surface area contributed by atoms with Crippen molar-refractivity contribution >= 4 is 17.0 Å². The highest BCUT2D eigenvalue weighted by molar-refractivity contribution is 6.69. The molecule has 0 bridgehead atoms. The molecule has 0 atom stereocenters. The highest BCUT2D eigenvalue weighted by Gasteiger charge is 2.32. The molecular formula is C18H36N2O2Si2. The molecule has 1 rings (SSSR count). The third-order valence-corrected chi connectivity index (χ3v) is 10.4. The lowest BCUT2D eigenvalue weighted by atomic mass is 10.3. The Morgan fingerprint density at radius 1 is 0.625 bits per heavy atom. The highest BCUT2D eigenvalue weighted by Crippen LogP contribution is 2.24. The zero-order chi connectivity index (χ0) is 18.4. The molecule has 0 fully saturated rings. The maximum Gasteiger partial charge on any atom is 0.325 e. The molecule has 0 aliphatic carbocycles. The fourth-order valence-electron chi connectivity index (χ4n) is 3.25. The van der Waals surface area contributed by atoms with E-state index in [4.69, 9.17) is 8.85 Å². The normalized spacial score (nSPS) is 12.8. The van der Waals surface area contributed by atoms with Crippen LogP contribution >= 0.6 is 0 Å². The molecule has 0 radical (unpaired) electrons. The van der Waals surface area contributed by atoms with Gasteiger partial charge in [-0.3, -0.25) is 9.13 Å². The minimum absolute atomic E-state index is 0.938. The smallest absolute Gasteiger partial charge is 0.325 e. The van der Waals surface area contributed by atoms with Gasteiger partial charge in [-0.1, -0.05) is 27.7 Å². The van der Waals surface area contributed by atoms with Crippen molar-refractivity contribution in [2.75, 3.05) is 26.2 Å². The Kier molecular flexibility index (Phi) is 7.99. The molecule has 1 aromatic carbocycles. The van der Waals surface area contributed by atoms with E-state index in [1.807, 2.05) is 24.3 Å². The zero-order valence-electron chi connectivity index (χ0n) is 16.8. The van der Waals surface area contributed by atoms with E-state index in [1.54, 1.807) is 0 Å². The van der Waals surface area contributed by atoms with Crippen LogP contribution in [0.3, 0.4) is 0 Å². The van der Waals surface area contributed by atoms with Crippen molar-refractivity contribution < 1.29 is 8.85 Å². The van der Waals surface area contributed by atoms with Crippen molar-refractivity contribution in [3.63, 3.8) is 0 Å². The van der Waals surface area contributed by atoms with Gasteiger partial charge in [0, 0.05) is 0 Å². The van der Waals surface area contributed by atoms with Crippen LogP contribution in [0.15, 0.2) is 24.3 Å². The first-order chi connectivity index (χ1) is 11.2. The van der Waals surface area contributed by atoms with Crippen LogP contribution in [0.5, 0.6) is 11.5 Å². The van der Waals surface area contributed by atoms with E-state index in [0.717, 1.165) is 37.7 Å². The van der Waals surface area contributed by atoms with Crippen molar-refractivity contribution in [2.45, 2.75) is 53.9 Å². The van der Waals surface area contributed by atoms with Gasteiger partial charge in [0.05, 0.1) is 0 Å². The molecule has 0 unspecified atom stereocenters. The summed E-state index contributed by atoms with van der Waals surface area (Å²) < 4.78 is 17.5. The summed E-state index contributed by atoms with van der Waals surface area (Å²) in [4.78, 5) is 0. The second-order valence-electron chi connectivity index (χ2n) is 6.91. The fourth-order valence-corrected chi connectivity index (χ4v) is 7.98. The van der Waals surface area contributed by atoms with Crippen molar-refractivity contribution in [1.29, 1.82) is 0 Å². The first-order valence-electron chi connectivity index (χ1n) is 9.18. The van der Waals surface area contributed by atoms with Crippen LogP contribution in [0.25, 0.3) is 0 Å².